The molecule has 0 atom stereocenters. The molecule has 0 aromatic heterocycles. The van der Waals surface area contributed by atoms with Crippen molar-refractivity contribution in [2.24, 2.45) is 0 Å². The normalized spacial score (nSPS) is 11.2. The Kier molecular flexibility index (Phi) is 6.45. The number of hydrogen-bond acceptors (Lipinski definition) is 4. The molecule has 0 aliphatic carbocycles. The Labute approximate surface area is 115 Å². The summed E-state index contributed by atoms with van der Waals surface area (Å²) in [5, 5.41) is 10.7. The third-order valence-corrected chi connectivity index (χ3v) is 3.27. The molecule has 0 unspecified atom stereocenters. The summed E-state index contributed by atoms with van der Waals surface area (Å²) in [6, 6.07) is 6.85. The lowest BCUT2D eigenvalue weighted by Crippen LogP contribution is -2.32. The van der Waals surface area contributed by atoms with Gasteiger partial charge in [0.1, 0.15) is 0 Å². The first-order chi connectivity index (χ1) is 9.06. The standard InChI is InChI=1S/C14H23N3O2/c1-4-16(5-2)10-9-15(3)12-13-7-6-8-14(11-13)17(18)19/h6-8,11H,4-5,9-10,12H2,1-3H3. The van der Waals surface area contributed by atoms with Gasteiger partial charge < -0.3 is 9.80 Å². The molecule has 0 N–H and O–H groups in total. The summed E-state index contributed by atoms with van der Waals surface area (Å²) in [6.07, 6.45) is 0. The lowest BCUT2D eigenvalue weighted by atomic mass is 10.2. The lowest BCUT2D eigenvalue weighted by Gasteiger charge is -2.23. The number of nitrogens with zero attached hydrogens (tertiary/aromatic N) is 3. The number of nitro groups is 1. The van der Waals surface area contributed by atoms with Crippen molar-refractivity contribution in [1.29, 1.82) is 0 Å². The van der Waals surface area contributed by atoms with Crippen molar-refractivity contribution in [1.82, 2.24) is 9.80 Å². The van der Waals surface area contributed by atoms with Gasteiger partial charge in [0.05, 0.1) is 4.92 Å². The molecule has 5 nitrogen and oxygen atoms in total. The summed E-state index contributed by atoms with van der Waals surface area (Å²) in [7, 11) is 2.04. The molecule has 0 spiro atoms. The Morgan fingerprint density at radius 2 is 1.89 bits per heavy atom. The van der Waals surface area contributed by atoms with Gasteiger partial charge in [-0.15, -0.1) is 0 Å². The van der Waals surface area contributed by atoms with E-state index in [0.717, 1.165) is 38.3 Å². The zero-order chi connectivity index (χ0) is 14.3. The van der Waals surface area contributed by atoms with Crippen LogP contribution in [0.25, 0.3) is 0 Å². The Hall–Kier alpha value is -1.46. The second-order valence-electron chi connectivity index (χ2n) is 4.69. The topological polar surface area (TPSA) is 49.6 Å². The van der Waals surface area contributed by atoms with Crippen LogP contribution in [0, 0.1) is 10.1 Å². The average Bonchev–Trinajstić information content (AvgIpc) is 2.40. The fourth-order valence-electron chi connectivity index (χ4n) is 2.01. The van der Waals surface area contributed by atoms with E-state index in [1.165, 1.54) is 6.07 Å². The van der Waals surface area contributed by atoms with Crippen molar-refractivity contribution >= 4 is 5.69 Å². The van der Waals surface area contributed by atoms with Gasteiger partial charge in [-0.1, -0.05) is 26.0 Å². The fraction of sp³-hybridized carbons (Fsp3) is 0.571. The highest BCUT2D eigenvalue weighted by atomic mass is 16.6. The average molecular weight is 265 g/mol. The third kappa shape index (κ3) is 5.36. The van der Waals surface area contributed by atoms with E-state index in [4.69, 9.17) is 0 Å². The van der Waals surface area contributed by atoms with Gasteiger partial charge in [0.2, 0.25) is 0 Å². The van der Waals surface area contributed by atoms with Gasteiger partial charge in [-0.05, 0) is 25.7 Å². The largest absolute Gasteiger partial charge is 0.303 e. The van der Waals surface area contributed by atoms with E-state index in [9.17, 15) is 10.1 Å². The van der Waals surface area contributed by atoms with E-state index >= 15 is 0 Å². The van der Waals surface area contributed by atoms with Crippen LogP contribution in [0.2, 0.25) is 0 Å². The first-order valence-electron chi connectivity index (χ1n) is 6.71. The van der Waals surface area contributed by atoms with E-state index in [-0.39, 0.29) is 10.6 Å². The molecule has 1 aromatic rings. The molecule has 1 aromatic carbocycles. The molecule has 0 aliphatic rings. The summed E-state index contributed by atoms with van der Waals surface area (Å²) in [6.45, 7) is 9.15. The highest BCUT2D eigenvalue weighted by Gasteiger charge is 2.08. The van der Waals surface area contributed by atoms with Crippen LogP contribution in [0.5, 0.6) is 0 Å². The summed E-state index contributed by atoms with van der Waals surface area (Å²) < 4.78 is 0. The molecule has 0 radical (unpaired) electrons. The summed E-state index contributed by atoms with van der Waals surface area (Å²) in [5.41, 5.74) is 1.14. The van der Waals surface area contributed by atoms with Gasteiger partial charge in [-0.2, -0.15) is 0 Å². The van der Waals surface area contributed by atoms with Crippen molar-refractivity contribution in [2.75, 3.05) is 33.2 Å². The van der Waals surface area contributed by atoms with Gasteiger partial charge in [0.25, 0.3) is 5.69 Å². The van der Waals surface area contributed by atoms with E-state index in [2.05, 4.69) is 23.6 Å². The van der Waals surface area contributed by atoms with Crippen LogP contribution in [0.4, 0.5) is 5.69 Å². The first-order valence-corrected chi connectivity index (χ1v) is 6.71. The van der Waals surface area contributed by atoms with E-state index < -0.39 is 0 Å². The van der Waals surface area contributed by atoms with Gasteiger partial charge >= 0.3 is 0 Å². The molecule has 0 fully saturated rings. The van der Waals surface area contributed by atoms with Crippen LogP contribution in [-0.2, 0) is 6.54 Å². The Balaban J connectivity index is 2.50. The van der Waals surface area contributed by atoms with Crippen LogP contribution < -0.4 is 0 Å². The van der Waals surface area contributed by atoms with Crippen molar-refractivity contribution in [2.45, 2.75) is 20.4 Å². The first kappa shape index (κ1) is 15.6. The number of benzene rings is 1. The zero-order valence-electron chi connectivity index (χ0n) is 12.0. The fourth-order valence-corrected chi connectivity index (χ4v) is 2.01. The molecule has 1 rings (SSSR count). The zero-order valence-corrected chi connectivity index (χ0v) is 12.0. The van der Waals surface area contributed by atoms with Crippen molar-refractivity contribution in [3.8, 4) is 0 Å². The molecule has 0 heterocycles. The maximum Gasteiger partial charge on any atom is 0.269 e. The third-order valence-electron chi connectivity index (χ3n) is 3.27. The van der Waals surface area contributed by atoms with Crippen molar-refractivity contribution < 1.29 is 4.92 Å². The van der Waals surface area contributed by atoms with Crippen LogP contribution >= 0.6 is 0 Å². The number of likely N-dealkylation sites (N-methyl/N-ethyl adjacent to an activating group) is 2. The highest BCUT2D eigenvalue weighted by Crippen LogP contribution is 2.14. The minimum atomic E-state index is -0.348. The molecule has 0 aliphatic heterocycles. The second kappa shape index (κ2) is 7.86. The predicted octanol–water partition coefficient (Wildman–Crippen LogP) is 2.37. The molecule has 5 heteroatoms. The van der Waals surface area contributed by atoms with Crippen molar-refractivity contribution in [3.05, 3.63) is 39.9 Å². The van der Waals surface area contributed by atoms with Crippen LogP contribution in [-0.4, -0.2) is 47.9 Å². The van der Waals surface area contributed by atoms with E-state index in [0.29, 0.717) is 0 Å². The smallest absolute Gasteiger partial charge is 0.269 e. The maximum atomic E-state index is 10.7. The molecule has 106 valence electrons. The van der Waals surface area contributed by atoms with Gasteiger partial charge in [-0.25, -0.2) is 0 Å². The Morgan fingerprint density at radius 3 is 2.47 bits per heavy atom. The molecule has 19 heavy (non-hydrogen) atoms. The number of rotatable bonds is 8. The van der Waals surface area contributed by atoms with Crippen LogP contribution in [0.1, 0.15) is 19.4 Å². The molecule has 0 bridgehead atoms. The summed E-state index contributed by atoms with van der Waals surface area (Å²) in [5.74, 6) is 0. The Morgan fingerprint density at radius 1 is 1.21 bits per heavy atom. The lowest BCUT2D eigenvalue weighted by molar-refractivity contribution is -0.384. The van der Waals surface area contributed by atoms with Crippen LogP contribution in [0.3, 0.4) is 0 Å². The van der Waals surface area contributed by atoms with Crippen LogP contribution in [0.15, 0.2) is 24.3 Å². The maximum absolute atomic E-state index is 10.7. The number of nitro benzene ring substituents is 1. The quantitative estimate of drug-likeness (QED) is 0.535. The molecule has 0 saturated heterocycles. The molecular formula is C14H23N3O2. The summed E-state index contributed by atoms with van der Waals surface area (Å²) >= 11 is 0. The minimum Gasteiger partial charge on any atom is -0.303 e. The SMILES string of the molecule is CCN(CC)CCN(C)Cc1cccc([N+](=O)[O-])c1. The van der Waals surface area contributed by atoms with E-state index in [1.807, 2.05) is 13.1 Å². The summed E-state index contributed by atoms with van der Waals surface area (Å²) in [4.78, 5) is 14.9. The second-order valence-corrected chi connectivity index (χ2v) is 4.69. The predicted molar refractivity (Wildman–Crippen MR) is 77.2 cm³/mol. The Bertz CT molecular complexity index is 405. The van der Waals surface area contributed by atoms with Crippen molar-refractivity contribution in [3.63, 3.8) is 0 Å². The van der Waals surface area contributed by atoms with Gasteiger partial charge in [0.15, 0.2) is 0 Å². The highest BCUT2D eigenvalue weighted by molar-refractivity contribution is 5.34. The minimum absolute atomic E-state index is 0.162. The van der Waals surface area contributed by atoms with Gasteiger partial charge in [0, 0.05) is 31.8 Å². The number of non-ortho nitro benzene ring substituents is 1. The molecule has 0 saturated carbocycles. The molecule has 0 amide bonds. The monoisotopic (exact) mass is 265 g/mol. The molecular weight excluding hydrogens is 242 g/mol. The van der Waals surface area contributed by atoms with E-state index in [1.54, 1.807) is 12.1 Å². The number of hydrogen-bond donors (Lipinski definition) is 0. The van der Waals surface area contributed by atoms with Gasteiger partial charge in [-0.3, -0.25) is 10.1 Å².